The van der Waals surface area contributed by atoms with E-state index in [0.29, 0.717) is 39.5 Å². The van der Waals surface area contributed by atoms with E-state index in [0.717, 1.165) is 5.56 Å². The lowest BCUT2D eigenvalue weighted by Crippen LogP contribution is -2.41. The summed E-state index contributed by atoms with van der Waals surface area (Å²) in [5, 5.41) is 12.6. The van der Waals surface area contributed by atoms with Crippen LogP contribution >= 0.6 is 22.9 Å². The Morgan fingerprint density at radius 2 is 1.79 bits per heavy atom. The van der Waals surface area contributed by atoms with Crippen LogP contribution in [0.1, 0.15) is 12.8 Å². The molecule has 2 aliphatic rings. The zero-order valence-electron chi connectivity index (χ0n) is 17.2. The predicted octanol–water partition coefficient (Wildman–Crippen LogP) is 3.63. The van der Waals surface area contributed by atoms with Gasteiger partial charge in [0.25, 0.3) is 0 Å². The lowest BCUT2D eigenvalue weighted by molar-refractivity contribution is -0.120. The van der Waals surface area contributed by atoms with Crippen molar-refractivity contribution in [2.45, 2.75) is 17.7 Å². The highest BCUT2D eigenvalue weighted by atomic mass is 35.5. The van der Waals surface area contributed by atoms with Crippen molar-refractivity contribution in [1.29, 1.82) is 0 Å². The normalized spacial score (nSPS) is 16.6. The summed E-state index contributed by atoms with van der Waals surface area (Å²) in [6.45, 7) is 0.721. The smallest absolute Gasteiger partial charge is 0.243 e. The Hall–Kier alpha value is -2.73. The molecule has 3 aromatic rings. The molecule has 1 amide bonds. The molecule has 1 aromatic heterocycles. The number of hydrogen-bond acceptors (Lipinski definition) is 8. The minimum atomic E-state index is -3.61. The van der Waals surface area contributed by atoms with E-state index in [1.807, 2.05) is 18.2 Å². The molecule has 0 saturated carbocycles. The molecule has 12 heteroatoms. The molecule has 0 bridgehead atoms. The Balaban J connectivity index is 1.19. The first-order valence-electron chi connectivity index (χ1n) is 10.2. The number of halogens is 1. The van der Waals surface area contributed by atoms with Crippen molar-refractivity contribution >= 4 is 44.0 Å². The van der Waals surface area contributed by atoms with E-state index in [-0.39, 0.29) is 36.6 Å². The number of carbonyl (C=O) groups excluding carboxylic acids is 1. The number of fused-ring (bicyclic) bond motifs is 1. The van der Waals surface area contributed by atoms with Crippen LogP contribution in [0, 0.1) is 5.92 Å². The number of benzene rings is 2. The second kappa shape index (κ2) is 8.90. The minimum Gasteiger partial charge on any atom is -0.454 e. The maximum Gasteiger partial charge on any atom is 0.243 e. The summed E-state index contributed by atoms with van der Waals surface area (Å²) in [5.74, 6) is 0.835. The predicted molar refractivity (Wildman–Crippen MR) is 123 cm³/mol. The first-order chi connectivity index (χ1) is 15.9. The van der Waals surface area contributed by atoms with E-state index in [2.05, 4.69) is 15.5 Å². The molecule has 33 heavy (non-hydrogen) atoms. The van der Waals surface area contributed by atoms with Crippen LogP contribution in [0.2, 0.25) is 5.02 Å². The van der Waals surface area contributed by atoms with E-state index in [1.54, 1.807) is 12.1 Å². The van der Waals surface area contributed by atoms with Crippen molar-refractivity contribution in [1.82, 2.24) is 14.5 Å². The minimum absolute atomic E-state index is 0.188. The number of amides is 1. The molecule has 1 N–H and O–H groups in total. The van der Waals surface area contributed by atoms with Crippen LogP contribution in [0.3, 0.4) is 0 Å². The summed E-state index contributed by atoms with van der Waals surface area (Å²) in [7, 11) is -3.61. The van der Waals surface area contributed by atoms with E-state index in [1.165, 1.54) is 27.8 Å². The van der Waals surface area contributed by atoms with Gasteiger partial charge in [-0.25, -0.2) is 8.42 Å². The Labute approximate surface area is 199 Å². The number of nitrogens with zero attached hydrogens (tertiary/aromatic N) is 3. The van der Waals surface area contributed by atoms with E-state index >= 15 is 0 Å². The SMILES string of the molecule is O=C(Nc1nnc(-c2ccc3c(c2)OCO3)s1)C1CCN(S(=O)(=O)c2ccc(Cl)cc2)CC1. The third-order valence-corrected chi connectivity index (χ3v) is 8.60. The summed E-state index contributed by atoms with van der Waals surface area (Å²) in [6, 6.07) is 11.6. The van der Waals surface area contributed by atoms with Crippen molar-refractivity contribution < 1.29 is 22.7 Å². The fraction of sp³-hybridized carbons (Fsp3) is 0.286. The van der Waals surface area contributed by atoms with Gasteiger partial charge in [0, 0.05) is 29.6 Å². The number of anilines is 1. The Morgan fingerprint density at radius 1 is 1.06 bits per heavy atom. The third kappa shape index (κ3) is 4.54. The highest BCUT2D eigenvalue weighted by Gasteiger charge is 2.32. The van der Waals surface area contributed by atoms with E-state index in [4.69, 9.17) is 21.1 Å². The fourth-order valence-corrected chi connectivity index (χ4v) is 6.08. The first-order valence-corrected chi connectivity index (χ1v) is 12.8. The zero-order valence-corrected chi connectivity index (χ0v) is 19.6. The molecule has 0 spiro atoms. The second-order valence-electron chi connectivity index (χ2n) is 7.60. The summed E-state index contributed by atoms with van der Waals surface area (Å²) < 4.78 is 37.8. The number of carbonyl (C=O) groups is 1. The molecule has 0 radical (unpaired) electrons. The van der Waals surface area contributed by atoms with Crippen LogP contribution < -0.4 is 14.8 Å². The van der Waals surface area contributed by atoms with Gasteiger partial charge in [-0.05, 0) is 55.3 Å². The van der Waals surface area contributed by atoms with Gasteiger partial charge in [-0.15, -0.1) is 10.2 Å². The first kappa shape index (κ1) is 22.1. The van der Waals surface area contributed by atoms with Crippen molar-refractivity contribution in [3.05, 3.63) is 47.5 Å². The van der Waals surface area contributed by atoms with Gasteiger partial charge in [0.15, 0.2) is 11.5 Å². The van der Waals surface area contributed by atoms with Gasteiger partial charge in [-0.3, -0.25) is 4.79 Å². The highest BCUT2D eigenvalue weighted by Crippen LogP contribution is 2.37. The molecule has 1 fully saturated rings. The summed E-state index contributed by atoms with van der Waals surface area (Å²) in [4.78, 5) is 12.9. The monoisotopic (exact) mass is 506 g/mol. The molecule has 9 nitrogen and oxygen atoms in total. The maximum absolute atomic E-state index is 12.8. The number of hydrogen-bond donors (Lipinski definition) is 1. The molecular formula is C21H19ClN4O5S2. The van der Waals surface area contributed by atoms with Crippen LogP contribution in [0.25, 0.3) is 10.6 Å². The molecular weight excluding hydrogens is 488 g/mol. The van der Waals surface area contributed by atoms with Crippen molar-refractivity contribution in [2.24, 2.45) is 5.92 Å². The molecule has 3 heterocycles. The summed E-state index contributed by atoms with van der Waals surface area (Å²) >= 11 is 7.11. The van der Waals surface area contributed by atoms with Crippen molar-refractivity contribution in [3.8, 4) is 22.1 Å². The van der Waals surface area contributed by atoms with E-state index < -0.39 is 10.0 Å². The molecule has 0 unspecified atom stereocenters. The number of piperidine rings is 1. The van der Waals surface area contributed by atoms with E-state index in [9.17, 15) is 13.2 Å². The van der Waals surface area contributed by atoms with Gasteiger partial charge in [-0.1, -0.05) is 22.9 Å². The molecule has 5 rings (SSSR count). The van der Waals surface area contributed by atoms with Gasteiger partial charge < -0.3 is 14.8 Å². The number of rotatable bonds is 5. The van der Waals surface area contributed by atoms with Gasteiger partial charge in [-0.2, -0.15) is 4.31 Å². The summed E-state index contributed by atoms with van der Waals surface area (Å²) in [6.07, 6.45) is 0.846. The Kier molecular flexibility index (Phi) is 5.95. The van der Waals surface area contributed by atoms with Gasteiger partial charge in [0.1, 0.15) is 5.01 Å². The molecule has 172 valence electrons. The topological polar surface area (TPSA) is 111 Å². The quantitative estimate of drug-likeness (QED) is 0.562. The Morgan fingerprint density at radius 3 is 2.55 bits per heavy atom. The fourth-order valence-electron chi connectivity index (χ4n) is 3.74. The average molecular weight is 507 g/mol. The van der Waals surface area contributed by atoms with Crippen molar-refractivity contribution in [3.63, 3.8) is 0 Å². The maximum atomic E-state index is 12.8. The second-order valence-corrected chi connectivity index (χ2v) is 11.0. The lowest BCUT2D eigenvalue weighted by Gasteiger charge is -2.30. The van der Waals surface area contributed by atoms with Crippen LogP contribution in [-0.4, -0.2) is 48.7 Å². The average Bonchev–Trinajstić information content (AvgIpc) is 3.48. The zero-order chi connectivity index (χ0) is 23.0. The standard InChI is InChI=1S/C21H19ClN4O5S2/c22-15-2-4-16(5-3-15)33(28,29)26-9-7-13(8-10-26)19(27)23-21-25-24-20(32-21)14-1-6-17-18(11-14)31-12-30-17/h1-6,11,13H,7-10,12H2,(H,23,25,27). The number of ether oxygens (including phenoxy) is 2. The van der Waals surface area contributed by atoms with Crippen LogP contribution in [-0.2, 0) is 14.8 Å². The molecule has 2 aromatic carbocycles. The number of nitrogens with one attached hydrogen (secondary N) is 1. The summed E-state index contributed by atoms with van der Waals surface area (Å²) in [5.41, 5.74) is 0.818. The van der Waals surface area contributed by atoms with Crippen LogP contribution in [0.5, 0.6) is 11.5 Å². The van der Waals surface area contributed by atoms with Gasteiger partial charge >= 0.3 is 0 Å². The highest BCUT2D eigenvalue weighted by molar-refractivity contribution is 7.89. The van der Waals surface area contributed by atoms with Gasteiger partial charge in [0.05, 0.1) is 4.90 Å². The van der Waals surface area contributed by atoms with Gasteiger partial charge in [0.2, 0.25) is 27.9 Å². The van der Waals surface area contributed by atoms with Crippen molar-refractivity contribution in [2.75, 3.05) is 25.2 Å². The number of aromatic nitrogens is 2. The molecule has 2 aliphatic heterocycles. The Bertz CT molecular complexity index is 1290. The molecule has 1 saturated heterocycles. The van der Waals surface area contributed by atoms with Crippen LogP contribution in [0.4, 0.5) is 5.13 Å². The third-order valence-electron chi connectivity index (χ3n) is 5.55. The molecule has 0 aliphatic carbocycles. The number of sulfonamides is 1. The lowest BCUT2D eigenvalue weighted by atomic mass is 9.97. The largest absolute Gasteiger partial charge is 0.454 e. The molecule has 0 atom stereocenters. The van der Waals surface area contributed by atoms with Crippen LogP contribution in [0.15, 0.2) is 47.4 Å².